The van der Waals surface area contributed by atoms with Gasteiger partial charge in [0.05, 0.1) is 18.8 Å². The SMILES string of the molecule is CCC(/C=C/C1OCC(C)C1CCC=O)O[Si](C)(C)C(C)(C)C. The van der Waals surface area contributed by atoms with Crippen LogP contribution < -0.4 is 0 Å². The summed E-state index contributed by atoms with van der Waals surface area (Å²) in [7, 11) is -1.76. The number of ether oxygens (including phenoxy) is 1. The van der Waals surface area contributed by atoms with Crippen LogP contribution in [-0.2, 0) is 14.0 Å². The predicted octanol–water partition coefficient (Wildman–Crippen LogP) is 4.97. The van der Waals surface area contributed by atoms with E-state index in [4.69, 9.17) is 9.16 Å². The molecule has 0 radical (unpaired) electrons. The van der Waals surface area contributed by atoms with Crippen molar-refractivity contribution < 1.29 is 14.0 Å². The normalized spacial score (nSPS) is 27.5. The molecule has 23 heavy (non-hydrogen) atoms. The number of aldehydes is 1. The van der Waals surface area contributed by atoms with E-state index < -0.39 is 8.32 Å². The number of hydrogen-bond acceptors (Lipinski definition) is 3. The van der Waals surface area contributed by atoms with Crippen molar-refractivity contribution in [3.8, 4) is 0 Å². The Balaban J connectivity index is 2.70. The topological polar surface area (TPSA) is 35.5 Å². The molecule has 3 nitrogen and oxygen atoms in total. The molecule has 0 bridgehead atoms. The third kappa shape index (κ3) is 5.84. The lowest BCUT2D eigenvalue weighted by Gasteiger charge is -2.38. The van der Waals surface area contributed by atoms with E-state index in [9.17, 15) is 4.79 Å². The molecular formula is C19H36O3Si. The Morgan fingerprint density at radius 2 is 2.00 bits per heavy atom. The highest BCUT2D eigenvalue weighted by Gasteiger charge is 2.38. The van der Waals surface area contributed by atoms with Gasteiger partial charge in [0, 0.05) is 6.42 Å². The molecule has 1 rings (SSSR count). The van der Waals surface area contributed by atoms with Gasteiger partial charge >= 0.3 is 0 Å². The molecule has 0 N–H and O–H groups in total. The van der Waals surface area contributed by atoms with Gasteiger partial charge in [-0.1, -0.05) is 46.8 Å². The van der Waals surface area contributed by atoms with Gasteiger partial charge in [-0.25, -0.2) is 0 Å². The molecule has 0 aromatic carbocycles. The molecule has 1 aliphatic heterocycles. The van der Waals surface area contributed by atoms with Crippen molar-refractivity contribution in [2.75, 3.05) is 6.61 Å². The van der Waals surface area contributed by atoms with Gasteiger partial charge in [-0.3, -0.25) is 0 Å². The summed E-state index contributed by atoms with van der Waals surface area (Å²) in [6.07, 6.45) is 8.19. The highest BCUT2D eigenvalue weighted by atomic mass is 28.4. The zero-order valence-electron chi connectivity index (χ0n) is 16.1. The Morgan fingerprint density at radius 3 is 2.52 bits per heavy atom. The maximum absolute atomic E-state index is 10.7. The van der Waals surface area contributed by atoms with Crippen LogP contribution in [0.3, 0.4) is 0 Å². The minimum absolute atomic E-state index is 0.127. The average Bonchev–Trinajstić information content (AvgIpc) is 2.80. The zero-order valence-corrected chi connectivity index (χ0v) is 17.1. The van der Waals surface area contributed by atoms with Crippen molar-refractivity contribution in [3.63, 3.8) is 0 Å². The van der Waals surface area contributed by atoms with Crippen LogP contribution in [0.2, 0.25) is 18.1 Å². The minimum Gasteiger partial charge on any atom is -0.411 e. The summed E-state index contributed by atoms with van der Waals surface area (Å²) in [6.45, 7) is 16.6. The number of carbonyl (C=O) groups excluding carboxylic acids is 1. The van der Waals surface area contributed by atoms with E-state index in [1.54, 1.807) is 0 Å². The molecular weight excluding hydrogens is 304 g/mol. The molecule has 4 heteroatoms. The molecule has 4 unspecified atom stereocenters. The molecule has 0 amide bonds. The molecule has 0 saturated carbocycles. The van der Waals surface area contributed by atoms with E-state index in [0.717, 1.165) is 25.7 Å². The van der Waals surface area contributed by atoms with Gasteiger partial charge < -0.3 is 14.0 Å². The number of hydrogen-bond donors (Lipinski definition) is 0. The Hall–Kier alpha value is -0.453. The summed E-state index contributed by atoms with van der Waals surface area (Å²) in [5.41, 5.74) is 0. The molecule has 0 aromatic heterocycles. The fourth-order valence-corrected chi connectivity index (χ4v) is 4.14. The largest absolute Gasteiger partial charge is 0.411 e. The van der Waals surface area contributed by atoms with Crippen molar-refractivity contribution in [3.05, 3.63) is 12.2 Å². The first-order chi connectivity index (χ1) is 10.6. The second-order valence-corrected chi connectivity index (χ2v) is 13.1. The van der Waals surface area contributed by atoms with E-state index in [2.05, 4.69) is 59.9 Å². The zero-order chi connectivity index (χ0) is 17.7. The van der Waals surface area contributed by atoms with Gasteiger partial charge in [0.2, 0.25) is 0 Å². The summed E-state index contributed by atoms with van der Waals surface area (Å²) in [6, 6.07) is 0. The molecule has 1 saturated heterocycles. The van der Waals surface area contributed by atoms with Crippen LogP contribution in [0.1, 0.15) is 53.9 Å². The van der Waals surface area contributed by atoms with Crippen molar-refractivity contribution >= 4 is 14.6 Å². The number of rotatable bonds is 8. The lowest BCUT2D eigenvalue weighted by molar-refractivity contribution is -0.108. The second-order valence-electron chi connectivity index (χ2n) is 8.39. The van der Waals surface area contributed by atoms with Gasteiger partial charge in [0.15, 0.2) is 8.32 Å². The number of carbonyl (C=O) groups is 1. The molecule has 0 aromatic rings. The van der Waals surface area contributed by atoms with E-state index in [1.165, 1.54) is 0 Å². The first-order valence-electron chi connectivity index (χ1n) is 9.03. The van der Waals surface area contributed by atoms with E-state index in [-0.39, 0.29) is 17.2 Å². The highest BCUT2D eigenvalue weighted by molar-refractivity contribution is 6.74. The van der Waals surface area contributed by atoms with E-state index in [1.807, 2.05) is 0 Å². The van der Waals surface area contributed by atoms with Gasteiger partial charge in [-0.2, -0.15) is 0 Å². The Morgan fingerprint density at radius 1 is 1.35 bits per heavy atom. The van der Waals surface area contributed by atoms with Crippen LogP contribution in [0.25, 0.3) is 0 Å². The molecule has 1 fully saturated rings. The Labute approximate surface area is 144 Å². The summed E-state index contributed by atoms with van der Waals surface area (Å²) < 4.78 is 12.4. The molecule has 0 spiro atoms. The standard InChI is InChI=1S/C19H36O3Si/c1-8-16(22-23(6,7)19(3,4)5)11-12-18-17(10-9-13-20)15(2)14-21-18/h11-13,15-18H,8-10,14H2,1-7H3/b12-11+. The summed E-state index contributed by atoms with van der Waals surface area (Å²) in [5, 5.41) is 0.221. The monoisotopic (exact) mass is 340 g/mol. The molecule has 1 heterocycles. The van der Waals surface area contributed by atoms with Crippen molar-refractivity contribution in [1.29, 1.82) is 0 Å². The quantitative estimate of drug-likeness (QED) is 0.355. The first kappa shape index (κ1) is 20.6. The molecule has 134 valence electrons. The smallest absolute Gasteiger partial charge is 0.192 e. The minimum atomic E-state index is -1.76. The summed E-state index contributed by atoms with van der Waals surface area (Å²) in [4.78, 5) is 10.7. The van der Waals surface area contributed by atoms with E-state index in [0.29, 0.717) is 18.3 Å². The second kappa shape index (κ2) is 8.59. The molecule has 0 aliphatic carbocycles. The van der Waals surface area contributed by atoms with Crippen molar-refractivity contribution in [2.24, 2.45) is 11.8 Å². The van der Waals surface area contributed by atoms with Crippen LogP contribution in [0, 0.1) is 11.8 Å². The lowest BCUT2D eigenvalue weighted by Crippen LogP contribution is -2.43. The Bertz CT molecular complexity index is 398. The van der Waals surface area contributed by atoms with E-state index >= 15 is 0 Å². The van der Waals surface area contributed by atoms with Crippen LogP contribution in [0.5, 0.6) is 0 Å². The van der Waals surface area contributed by atoms with Gasteiger partial charge in [-0.05, 0) is 42.8 Å². The maximum Gasteiger partial charge on any atom is 0.192 e. The van der Waals surface area contributed by atoms with Crippen LogP contribution in [-0.4, -0.2) is 33.4 Å². The molecule has 1 aliphatic rings. The fraction of sp³-hybridized carbons (Fsp3) is 0.842. The average molecular weight is 341 g/mol. The third-order valence-corrected chi connectivity index (χ3v) is 10.00. The van der Waals surface area contributed by atoms with Crippen molar-refractivity contribution in [2.45, 2.75) is 84.2 Å². The summed E-state index contributed by atoms with van der Waals surface area (Å²) >= 11 is 0. The van der Waals surface area contributed by atoms with Crippen LogP contribution >= 0.6 is 0 Å². The fourth-order valence-electron chi connectivity index (χ4n) is 2.79. The third-order valence-electron chi connectivity index (χ3n) is 5.49. The lowest BCUT2D eigenvalue weighted by atomic mass is 9.88. The van der Waals surface area contributed by atoms with Crippen LogP contribution in [0.4, 0.5) is 0 Å². The van der Waals surface area contributed by atoms with Crippen molar-refractivity contribution in [1.82, 2.24) is 0 Å². The predicted molar refractivity (Wildman–Crippen MR) is 99.2 cm³/mol. The van der Waals surface area contributed by atoms with Crippen LogP contribution in [0.15, 0.2) is 12.2 Å². The van der Waals surface area contributed by atoms with Gasteiger partial charge in [0.25, 0.3) is 0 Å². The first-order valence-corrected chi connectivity index (χ1v) is 11.9. The molecule has 4 atom stereocenters. The highest BCUT2D eigenvalue weighted by Crippen LogP contribution is 2.38. The van der Waals surface area contributed by atoms with Gasteiger partial charge in [0.1, 0.15) is 6.29 Å². The maximum atomic E-state index is 10.7. The van der Waals surface area contributed by atoms with Gasteiger partial charge in [-0.15, -0.1) is 0 Å². The summed E-state index contributed by atoms with van der Waals surface area (Å²) in [5.74, 6) is 0.966. The Kier molecular flexibility index (Phi) is 7.69.